The van der Waals surface area contributed by atoms with Crippen LogP contribution in [0.5, 0.6) is 0 Å². The summed E-state index contributed by atoms with van der Waals surface area (Å²) in [5, 5.41) is 3.87. The molecule has 0 bridgehead atoms. The van der Waals surface area contributed by atoms with Crippen LogP contribution in [0.3, 0.4) is 0 Å². The van der Waals surface area contributed by atoms with Crippen LogP contribution in [0, 0.1) is 5.92 Å². The second-order valence-electron chi connectivity index (χ2n) is 4.84. The SMILES string of the molecule is CC(C)(C)OC(=O)N/N=C/C1CCOCC1. The molecule has 1 aliphatic rings. The molecule has 0 atom stereocenters. The Bertz CT molecular complexity index is 252. The van der Waals surface area contributed by atoms with Crippen LogP contribution in [0.2, 0.25) is 0 Å². The molecule has 1 N–H and O–H groups in total. The Morgan fingerprint density at radius 3 is 2.62 bits per heavy atom. The maximum Gasteiger partial charge on any atom is 0.428 e. The molecule has 0 aromatic carbocycles. The molecule has 16 heavy (non-hydrogen) atoms. The summed E-state index contributed by atoms with van der Waals surface area (Å²) in [5.74, 6) is 0.392. The van der Waals surface area contributed by atoms with Gasteiger partial charge in [0.15, 0.2) is 0 Å². The lowest BCUT2D eigenvalue weighted by atomic mass is 10.0. The highest BCUT2D eigenvalue weighted by atomic mass is 16.6. The van der Waals surface area contributed by atoms with Crippen molar-refractivity contribution in [2.24, 2.45) is 11.0 Å². The first-order valence-electron chi connectivity index (χ1n) is 5.57. The average molecular weight is 228 g/mol. The maximum atomic E-state index is 11.2. The first-order chi connectivity index (χ1) is 7.47. The molecule has 1 rings (SSSR count). The zero-order chi connectivity index (χ0) is 12.0. The van der Waals surface area contributed by atoms with Crippen LogP contribution in [-0.2, 0) is 9.47 Å². The third-order valence-corrected chi connectivity index (χ3v) is 2.11. The first kappa shape index (κ1) is 13.0. The van der Waals surface area contributed by atoms with Crippen LogP contribution in [-0.4, -0.2) is 31.1 Å². The minimum absolute atomic E-state index is 0.392. The highest BCUT2D eigenvalue weighted by molar-refractivity contribution is 5.70. The number of hydrogen-bond acceptors (Lipinski definition) is 4. The average Bonchev–Trinajstić information content (AvgIpc) is 2.16. The van der Waals surface area contributed by atoms with Gasteiger partial charge in [0.1, 0.15) is 5.60 Å². The Kier molecular flexibility index (Phi) is 4.73. The Balaban J connectivity index is 2.22. The van der Waals surface area contributed by atoms with Gasteiger partial charge in [-0.05, 0) is 33.6 Å². The van der Waals surface area contributed by atoms with E-state index < -0.39 is 11.7 Å². The standard InChI is InChI=1S/C11H20N2O3/c1-11(2,3)16-10(14)13-12-8-9-4-6-15-7-5-9/h8-9H,4-7H2,1-3H3,(H,13,14)/b12-8+. The van der Waals surface area contributed by atoms with Gasteiger partial charge in [0.25, 0.3) is 0 Å². The Morgan fingerprint density at radius 2 is 2.06 bits per heavy atom. The van der Waals surface area contributed by atoms with E-state index in [0.717, 1.165) is 26.1 Å². The lowest BCUT2D eigenvalue weighted by molar-refractivity contribution is 0.0528. The highest BCUT2D eigenvalue weighted by Gasteiger charge is 2.15. The van der Waals surface area contributed by atoms with Gasteiger partial charge in [-0.25, -0.2) is 10.2 Å². The largest absolute Gasteiger partial charge is 0.443 e. The topological polar surface area (TPSA) is 59.9 Å². The van der Waals surface area contributed by atoms with Crippen molar-refractivity contribution in [1.29, 1.82) is 0 Å². The van der Waals surface area contributed by atoms with Crippen molar-refractivity contribution < 1.29 is 14.3 Å². The molecule has 0 spiro atoms. The zero-order valence-electron chi connectivity index (χ0n) is 10.2. The maximum absolute atomic E-state index is 11.2. The van der Waals surface area contributed by atoms with Gasteiger partial charge >= 0.3 is 6.09 Å². The van der Waals surface area contributed by atoms with E-state index in [4.69, 9.17) is 9.47 Å². The van der Waals surface area contributed by atoms with Crippen LogP contribution >= 0.6 is 0 Å². The molecule has 1 saturated heterocycles. The fourth-order valence-electron chi connectivity index (χ4n) is 1.36. The molecule has 1 amide bonds. The number of carbonyl (C=O) groups is 1. The fraction of sp³-hybridized carbons (Fsp3) is 0.818. The molecule has 1 aliphatic heterocycles. The van der Waals surface area contributed by atoms with Crippen molar-refractivity contribution in [3.8, 4) is 0 Å². The molecule has 1 fully saturated rings. The van der Waals surface area contributed by atoms with Crippen LogP contribution in [0.25, 0.3) is 0 Å². The fourth-order valence-corrected chi connectivity index (χ4v) is 1.36. The van der Waals surface area contributed by atoms with Crippen LogP contribution in [0.1, 0.15) is 33.6 Å². The molecule has 0 aromatic heterocycles. The molecule has 5 nitrogen and oxygen atoms in total. The van der Waals surface area contributed by atoms with E-state index in [1.165, 1.54) is 0 Å². The predicted octanol–water partition coefficient (Wildman–Crippen LogP) is 1.92. The van der Waals surface area contributed by atoms with Gasteiger partial charge in [-0.15, -0.1) is 0 Å². The zero-order valence-corrected chi connectivity index (χ0v) is 10.2. The van der Waals surface area contributed by atoms with Crippen LogP contribution in [0.4, 0.5) is 4.79 Å². The molecular weight excluding hydrogens is 208 g/mol. The number of carbonyl (C=O) groups excluding carboxylic acids is 1. The summed E-state index contributed by atoms with van der Waals surface area (Å²) >= 11 is 0. The molecule has 0 aromatic rings. The van der Waals surface area contributed by atoms with Crippen molar-refractivity contribution in [2.75, 3.05) is 13.2 Å². The smallest absolute Gasteiger partial charge is 0.428 e. The summed E-state index contributed by atoms with van der Waals surface area (Å²) < 4.78 is 10.3. The van der Waals surface area contributed by atoms with Gasteiger partial charge in [-0.1, -0.05) is 0 Å². The number of hydrogen-bond donors (Lipinski definition) is 1. The Hall–Kier alpha value is -1.10. The Morgan fingerprint density at radius 1 is 1.44 bits per heavy atom. The number of nitrogens with one attached hydrogen (secondary N) is 1. The summed E-state index contributed by atoms with van der Waals surface area (Å²) in [6.07, 6.45) is 3.15. The number of ether oxygens (including phenoxy) is 2. The molecule has 0 aliphatic carbocycles. The summed E-state index contributed by atoms with van der Waals surface area (Å²) in [4.78, 5) is 11.2. The van der Waals surface area contributed by atoms with Crippen molar-refractivity contribution in [3.63, 3.8) is 0 Å². The molecule has 92 valence electrons. The normalized spacial score (nSPS) is 18.7. The van der Waals surface area contributed by atoms with Crippen LogP contribution < -0.4 is 5.43 Å². The molecule has 0 saturated carbocycles. The predicted molar refractivity (Wildman–Crippen MR) is 61.4 cm³/mol. The van der Waals surface area contributed by atoms with Crippen molar-refractivity contribution >= 4 is 12.3 Å². The molecule has 5 heteroatoms. The molecular formula is C11H20N2O3. The monoisotopic (exact) mass is 228 g/mol. The van der Waals surface area contributed by atoms with E-state index in [0.29, 0.717) is 5.92 Å². The highest BCUT2D eigenvalue weighted by Crippen LogP contribution is 2.11. The van der Waals surface area contributed by atoms with Gasteiger partial charge in [0.05, 0.1) is 0 Å². The van der Waals surface area contributed by atoms with Gasteiger partial charge < -0.3 is 9.47 Å². The number of rotatable bonds is 2. The third kappa shape index (κ3) is 5.70. The van der Waals surface area contributed by atoms with E-state index in [1.807, 2.05) is 20.8 Å². The van der Waals surface area contributed by atoms with E-state index in [9.17, 15) is 4.79 Å². The molecule has 0 unspecified atom stereocenters. The second-order valence-corrected chi connectivity index (χ2v) is 4.84. The first-order valence-corrected chi connectivity index (χ1v) is 5.57. The van der Waals surface area contributed by atoms with Crippen LogP contribution in [0.15, 0.2) is 5.10 Å². The molecule has 1 heterocycles. The third-order valence-electron chi connectivity index (χ3n) is 2.11. The van der Waals surface area contributed by atoms with E-state index >= 15 is 0 Å². The van der Waals surface area contributed by atoms with Gasteiger partial charge in [0, 0.05) is 25.3 Å². The minimum Gasteiger partial charge on any atom is -0.443 e. The van der Waals surface area contributed by atoms with Gasteiger partial charge in [0.2, 0.25) is 0 Å². The summed E-state index contributed by atoms with van der Waals surface area (Å²) in [6, 6.07) is 0. The van der Waals surface area contributed by atoms with E-state index in [-0.39, 0.29) is 0 Å². The van der Waals surface area contributed by atoms with Crippen molar-refractivity contribution in [1.82, 2.24) is 5.43 Å². The quantitative estimate of drug-likeness (QED) is 0.580. The lowest BCUT2D eigenvalue weighted by Gasteiger charge is -2.19. The van der Waals surface area contributed by atoms with E-state index in [1.54, 1.807) is 6.21 Å². The number of nitrogens with zero attached hydrogens (tertiary/aromatic N) is 1. The summed E-state index contributed by atoms with van der Waals surface area (Å²) in [7, 11) is 0. The number of amides is 1. The van der Waals surface area contributed by atoms with Gasteiger partial charge in [-0.3, -0.25) is 0 Å². The van der Waals surface area contributed by atoms with Crippen molar-refractivity contribution in [2.45, 2.75) is 39.2 Å². The van der Waals surface area contributed by atoms with Gasteiger partial charge in [-0.2, -0.15) is 5.10 Å². The lowest BCUT2D eigenvalue weighted by Crippen LogP contribution is -2.30. The minimum atomic E-state index is -0.518. The summed E-state index contributed by atoms with van der Waals surface area (Å²) in [5.41, 5.74) is 1.87. The van der Waals surface area contributed by atoms with E-state index in [2.05, 4.69) is 10.5 Å². The Labute approximate surface area is 96.2 Å². The molecule has 0 radical (unpaired) electrons. The summed E-state index contributed by atoms with van der Waals surface area (Å²) in [6.45, 7) is 6.98. The second kappa shape index (κ2) is 5.84. The number of hydrazone groups is 1. The van der Waals surface area contributed by atoms with Crippen molar-refractivity contribution in [3.05, 3.63) is 0 Å².